The molecule has 0 bridgehead atoms. The topological polar surface area (TPSA) is 6.48 Å². The number of halogens is 2. The van der Waals surface area contributed by atoms with Crippen LogP contribution in [0.15, 0.2) is 0 Å². The summed E-state index contributed by atoms with van der Waals surface area (Å²) in [5.74, 6) is -2.41. The van der Waals surface area contributed by atoms with Gasteiger partial charge in [-0.1, -0.05) is 6.42 Å². The molecule has 14 heavy (non-hydrogen) atoms. The molecule has 4 heteroatoms. The number of alkyl halides is 2. The molecule has 0 radical (unpaired) electrons. The molecule has 2 aliphatic rings. The Morgan fingerprint density at radius 1 is 0.714 bits per heavy atom. The van der Waals surface area contributed by atoms with Crippen LogP contribution in [0.4, 0.5) is 8.78 Å². The van der Waals surface area contributed by atoms with E-state index in [0.29, 0.717) is 13.1 Å². The first-order valence-corrected chi connectivity index (χ1v) is 5.55. The Labute approximate surface area is 83.8 Å². The molecule has 2 saturated heterocycles. The molecular weight excluding hydrogens is 186 g/mol. The van der Waals surface area contributed by atoms with E-state index in [-0.39, 0.29) is 12.8 Å². The highest BCUT2D eigenvalue weighted by atomic mass is 19.3. The van der Waals surface area contributed by atoms with Crippen molar-refractivity contribution < 1.29 is 8.78 Å². The molecule has 2 nitrogen and oxygen atoms in total. The van der Waals surface area contributed by atoms with Crippen LogP contribution in [-0.4, -0.2) is 42.1 Å². The molecule has 0 aromatic carbocycles. The van der Waals surface area contributed by atoms with E-state index in [2.05, 4.69) is 10.0 Å². The molecule has 0 N–H and O–H groups in total. The van der Waals surface area contributed by atoms with Gasteiger partial charge in [0.15, 0.2) is 0 Å². The lowest BCUT2D eigenvalue weighted by Crippen LogP contribution is -2.51. The molecule has 2 heterocycles. The average molecular weight is 204 g/mol. The van der Waals surface area contributed by atoms with Crippen LogP contribution in [0.25, 0.3) is 0 Å². The van der Waals surface area contributed by atoms with E-state index in [1.54, 1.807) is 0 Å². The van der Waals surface area contributed by atoms with Crippen LogP contribution in [0.2, 0.25) is 0 Å². The fourth-order valence-electron chi connectivity index (χ4n) is 2.26. The number of hydrazine groups is 1. The van der Waals surface area contributed by atoms with Gasteiger partial charge in [-0.2, -0.15) is 0 Å². The Kier molecular flexibility index (Phi) is 3.02. The van der Waals surface area contributed by atoms with Gasteiger partial charge in [0.25, 0.3) is 5.92 Å². The quantitative estimate of drug-likeness (QED) is 0.645. The Morgan fingerprint density at radius 2 is 1.21 bits per heavy atom. The summed E-state index contributed by atoms with van der Waals surface area (Å²) in [5.41, 5.74) is 0. The van der Waals surface area contributed by atoms with Crippen molar-refractivity contribution in [2.45, 2.75) is 38.0 Å². The van der Waals surface area contributed by atoms with Gasteiger partial charge in [-0.05, 0) is 12.8 Å². The number of nitrogens with zero attached hydrogens (tertiary/aromatic N) is 2. The van der Waals surface area contributed by atoms with Crippen molar-refractivity contribution in [1.82, 2.24) is 10.0 Å². The Bertz CT molecular complexity index is 181. The van der Waals surface area contributed by atoms with E-state index in [1.165, 1.54) is 19.3 Å². The van der Waals surface area contributed by atoms with Crippen molar-refractivity contribution >= 4 is 0 Å². The van der Waals surface area contributed by atoms with Crippen molar-refractivity contribution in [1.29, 1.82) is 0 Å². The zero-order valence-corrected chi connectivity index (χ0v) is 8.51. The van der Waals surface area contributed by atoms with Crippen molar-refractivity contribution in [3.63, 3.8) is 0 Å². The molecule has 0 spiro atoms. The predicted octanol–water partition coefficient (Wildman–Crippen LogP) is 2.12. The number of hydrogen-bond acceptors (Lipinski definition) is 2. The lowest BCUT2D eigenvalue weighted by atomic mass is 10.1. The fraction of sp³-hybridized carbons (Fsp3) is 1.00. The van der Waals surface area contributed by atoms with Gasteiger partial charge in [-0.15, -0.1) is 0 Å². The van der Waals surface area contributed by atoms with Crippen LogP contribution in [0, 0.1) is 0 Å². The lowest BCUT2D eigenvalue weighted by Gasteiger charge is -2.41. The Hall–Kier alpha value is -0.220. The van der Waals surface area contributed by atoms with Crippen LogP contribution in [-0.2, 0) is 0 Å². The predicted molar refractivity (Wildman–Crippen MR) is 51.2 cm³/mol. The first kappa shape index (κ1) is 10.3. The standard InChI is InChI=1S/C10H18F2N2/c11-10(12)4-8-14(9-5-10)13-6-2-1-3-7-13/h1-9H2. The van der Waals surface area contributed by atoms with E-state index in [1.807, 2.05) is 0 Å². The zero-order chi connectivity index (χ0) is 10.0. The molecule has 82 valence electrons. The molecule has 2 rings (SSSR count). The van der Waals surface area contributed by atoms with Gasteiger partial charge in [0, 0.05) is 39.0 Å². The summed E-state index contributed by atoms with van der Waals surface area (Å²) in [5, 5.41) is 4.38. The minimum absolute atomic E-state index is 0.0312. The summed E-state index contributed by atoms with van der Waals surface area (Å²) in [4.78, 5) is 0. The summed E-state index contributed by atoms with van der Waals surface area (Å²) in [6.45, 7) is 3.19. The number of hydrogen-bond donors (Lipinski definition) is 0. The van der Waals surface area contributed by atoms with E-state index >= 15 is 0 Å². The molecule has 2 fully saturated rings. The molecule has 0 aromatic rings. The maximum Gasteiger partial charge on any atom is 0.250 e. The van der Waals surface area contributed by atoms with Gasteiger partial charge in [-0.25, -0.2) is 18.8 Å². The Balaban J connectivity index is 1.82. The van der Waals surface area contributed by atoms with Crippen LogP contribution < -0.4 is 0 Å². The SMILES string of the molecule is FC1(F)CCN(N2CCCCC2)CC1. The van der Waals surface area contributed by atoms with Gasteiger partial charge < -0.3 is 0 Å². The third-order valence-electron chi connectivity index (χ3n) is 3.20. The molecule has 0 saturated carbocycles. The van der Waals surface area contributed by atoms with Crippen molar-refractivity contribution in [3.05, 3.63) is 0 Å². The third-order valence-corrected chi connectivity index (χ3v) is 3.20. The van der Waals surface area contributed by atoms with Crippen molar-refractivity contribution in [2.24, 2.45) is 0 Å². The molecule has 0 unspecified atom stereocenters. The summed E-state index contributed by atoms with van der Waals surface area (Å²) in [6.07, 6.45) is 3.79. The van der Waals surface area contributed by atoms with E-state index in [9.17, 15) is 8.78 Å². The molecule has 0 amide bonds. The van der Waals surface area contributed by atoms with Crippen LogP contribution in [0.3, 0.4) is 0 Å². The zero-order valence-electron chi connectivity index (χ0n) is 8.51. The summed E-state index contributed by atoms with van der Waals surface area (Å²) in [7, 11) is 0. The van der Waals surface area contributed by atoms with Crippen LogP contribution >= 0.6 is 0 Å². The highest BCUT2D eigenvalue weighted by molar-refractivity contribution is 4.77. The second-order valence-corrected chi connectivity index (χ2v) is 4.32. The van der Waals surface area contributed by atoms with Gasteiger partial charge in [0.05, 0.1) is 0 Å². The van der Waals surface area contributed by atoms with Crippen LogP contribution in [0.5, 0.6) is 0 Å². The average Bonchev–Trinajstić information content (AvgIpc) is 2.19. The smallest absolute Gasteiger partial charge is 0.242 e. The minimum Gasteiger partial charge on any atom is -0.242 e. The molecule has 0 aliphatic carbocycles. The molecule has 0 aromatic heterocycles. The summed E-state index contributed by atoms with van der Waals surface area (Å²) in [6, 6.07) is 0. The molecule has 0 atom stereocenters. The second kappa shape index (κ2) is 4.11. The third kappa shape index (κ3) is 2.42. The largest absolute Gasteiger partial charge is 0.250 e. The second-order valence-electron chi connectivity index (χ2n) is 4.32. The van der Waals surface area contributed by atoms with Gasteiger partial charge in [-0.3, -0.25) is 0 Å². The number of piperidine rings is 2. The maximum absolute atomic E-state index is 12.9. The summed E-state index contributed by atoms with van der Waals surface area (Å²) >= 11 is 0. The Morgan fingerprint density at radius 3 is 1.79 bits per heavy atom. The fourth-order valence-corrected chi connectivity index (χ4v) is 2.26. The monoisotopic (exact) mass is 204 g/mol. The maximum atomic E-state index is 12.9. The van der Waals surface area contributed by atoms with Gasteiger partial charge in [0.2, 0.25) is 0 Å². The van der Waals surface area contributed by atoms with Crippen molar-refractivity contribution in [3.8, 4) is 0 Å². The molecule has 2 aliphatic heterocycles. The first-order valence-electron chi connectivity index (χ1n) is 5.55. The summed E-state index contributed by atoms with van der Waals surface area (Å²) < 4.78 is 25.8. The van der Waals surface area contributed by atoms with Gasteiger partial charge >= 0.3 is 0 Å². The van der Waals surface area contributed by atoms with E-state index in [4.69, 9.17) is 0 Å². The number of rotatable bonds is 1. The normalized spacial score (nSPS) is 30.4. The minimum atomic E-state index is -2.41. The lowest BCUT2D eigenvalue weighted by molar-refractivity contribution is -0.123. The van der Waals surface area contributed by atoms with Crippen molar-refractivity contribution in [2.75, 3.05) is 26.2 Å². The van der Waals surface area contributed by atoms with E-state index in [0.717, 1.165) is 13.1 Å². The van der Waals surface area contributed by atoms with Gasteiger partial charge in [0.1, 0.15) is 0 Å². The first-order chi connectivity index (χ1) is 6.67. The highest BCUT2D eigenvalue weighted by Crippen LogP contribution is 2.28. The van der Waals surface area contributed by atoms with E-state index < -0.39 is 5.92 Å². The highest BCUT2D eigenvalue weighted by Gasteiger charge is 2.35. The van der Waals surface area contributed by atoms with Crippen LogP contribution in [0.1, 0.15) is 32.1 Å². The molecular formula is C10H18F2N2.